The fourth-order valence-electron chi connectivity index (χ4n) is 3.78. The van der Waals surface area contributed by atoms with E-state index in [0.29, 0.717) is 5.56 Å². The van der Waals surface area contributed by atoms with Crippen LogP contribution >= 0.6 is 0 Å². The first kappa shape index (κ1) is 24.0. The number of imide groups is 1. The van der Waals surface area contributed by atoms with Crippen LogP contribution in [-0.4, -0.2) is 46.9 Å². The van der Waals surface area contributed by atoms with Crippen LogP contribution in [0.2, 0.25) is 0 Å². The number of ether oxygens (including phenoxy) is 1. The van der Waals surface area contributed by atoms with Gasteiger partial charge in [-0.2, -0.15) is 13.2 Å². The Bertz CT molecular complexity index is 1020. The summed E-state index contributed by atoms with van der Waals surface area (Å²) in [7, 11) is 0. The molecule has 0 unspecified atom stereocenters. The zero-order chi connectivity index (χ0) is 24.2. The maximum Gasteiger partial charge on any atom is 0.416 e. The highest BCUT2D eigenvalue weighted by Gasteiger charge is 2.37. The highest BCUT2D eigenvalue weighted by atomic mass is 19.4. The van der Waals surface area contributed by atoms with Crippen molar-refractivity contribution < 1.29 is 42.2 Å². The Morgan fingerprint density at radius 2 is 1.58 bits per heavy atom. The van der Waals surface area contributed by atoms with Gasteiger partial charge in [0.2, 0.25) is 0 Å². The van der Waals surface area contributed by atoms with Crippen LogP contribution < -0.4 is 0 Å². The molecule has 0 radical (unpaired) electrons. The third-order valence-electron chi connectivity index (χ3n) is 5.54. The first-order valence-electron chi connectivity index (χ1n) is 10.1. The van der Waals surface area contributed by atoms with Crippen molar-refractivity contribution in [3.8, 4) is 0 Å². The smallest absolute Gasteiger partial charge is 0.416 e. The number of carbonyl (C=O) groups excluding carboxylic acids is 3. The summed E-state index contributed by atoms with van der Waals surface area (Å²) in [6, 6.07) is 10.6. The zero-order valence-corrected chi connectivity index (χ0v) is 17.2. The second-order valence-corrected chi connectivity index (χ2v) is 7.55. The first-order valence-corrected chi connectivity index (χ1v) is 10.1. The average molecular weight is 463 g/mol. The number of benzene rings is 2. The highest BCUT2D eigenvalue weighted by molar-refractivity contribution is 6.21. The number of carbonyl (C=O) groups is 4. The molecule has 0 saturated carbocycles. The van der Waals surface area contributed by atoms with Crippen LogP contribution in [0.4, 0.5) is 13.2 Å². The Balaban J connectivity index is 1.67. The van der Waals surface area contributed by atoms with Gasteiger partial charge < -0.3 is 9.84 Å². The topological polar surface area (TPSA) is 101 Å². The molecule has 174 valence electrons. The van der Waals surface area contributed by atoms with Gasteiger partial charge in [0.25, 0.3) is 18.3 Å². The van der Waals surface area contributed by atoms with Gasteiger partial charge >= 0.3 is 12.1 Å². The van der Waals surface area contributed by atoms with Crippen LogP contribution in [0, 0.1) is 5.92 Å². The number of fused-ring (bicyclic) bond motifs is 1. The van der Waals surface area contributed by atoms with Crippen molar-refractivity contribution >= 4 is 24.3 Å². The van der Waals surface area contributed by atoms with Crippen molar-refractivity contribution in [2.75, 3.05) is 6.54 Å². The van der Waals surface area contributed by atoms with E-state index in [9.17, 15) is 37.5 Å². The number of alkyl halides is 3. The number of aryl methyl sites for hydroxylation is 1. The number of halogens is 3. The molecular weight excluding hydrogens is 443 g/mol. The van der Waals surface area contributed by atoms with E-state index in [1.165, 1.54) is 24.3 Å². The van der Waals surface area contributed by atoms with E-state index in [2.05, 4.69) is 0 Å². The van der Waals surface area contributed by atoms with Crippen molar-refractivity contribution in [3.05, 3.63) is 70.8 Å². The molecule has 2 aromatic carbocycles. The number of hydrogen-bond acceptors (Lipinski definition) is 5. The number of amides is 2. The largest absolute Gasteiger partial charge is 0.481 e. The standard InChI is InChI=1S/C23H20F3NO6/c24-23(25,26)15-8-5-14(6-9-15)7-10-19(33-13-28)18(22(31)32)11-12-27-20(29)16-3-1-2-4-17(16)21(27)30/h1-6,8-9,13,18-19H,7,10-12H2,(H,31,32)/t18-,19+/m0/s1. The number of aliphatic carboxylic acids is 1. The summed E-state index contributed by atoms with van der Waals surface area (Å²) in [5.41, 5.74) is 0.165. The summed E-state index contributed by atoms with van der Waals surface area (Å²) in [5.74, 6) is -3.57. The normalized spacial score (nSPS) is 15.2. The fourth-order valence-corrected chi connectivity index (χ4v) is 3.78. The van der Waals surface area contributed by atoms with E-state index in [0.717, 1.165) is 17.0 Å². The summed E-state index contributed by atoms with van der Waals surface area (Å²) in [4.78, 5) is 48.7. The Hall–Kier alpha value is -3.69. The van der Waals surface area contributed by atoms with Crippen LogP contribution in [0.15, 0.2) is 48.5 Å². The Kier molecular flexibility index (Phi) is 7.15. The minimum absolute atomic E-state index is 0.0309. The molecule has 2 amide bonds. The lowest BCUT2D eigenvalue weighted by Gasteiger charge is -2.24. The highest BCUT2D eigenvalue weighted by Crippen LogP contribution is 2.30. The van der Waals surface area contributed by atoms with E-state index in [4.69, 9.17) is 4.74 Å². The quantitative estimate of drug-likeness (QED) is 0.427. The van der Waals surface area contributed by atoms with Gasteiger partial charge in [-0.3, -0.25) is 24.1 Å². The second-order valence-electron chi connectivity index (χ2n) is 7.55. The van der Waals surface area contributed by atoms with E-state index in [1.807, 2.05) is 0 Å². The van der Waals surface area contributed by atoms with Gasteiger partial charge in [-0.1, -0.05) is 24.3 Å². The van der Waals surface area contributed by atoms with E-state index in [-0.39, 0.29) is 43.4 Å². The summed E-state index contributed by atoms with van der Waals surface area (Å²) in [6.45, 7) is -0.0856. The maximum absolute atomic E-state index is 12.7. The number of carboxylic acids is 1. The minimum Gasteiger partial charge on any atom is -0.481 e. The predicted octanol–water partition coefficient (Wildman–Crippen LogP) is 3.57. The van der Waals surface area contributed by atoms with Gasteiger partial charge in [-0.05, 0) is 49.1 Å². The molecule has 0 spiro atoms. The molecule has 33 heavy (non-hydrogen) atoms. The van der Waals surface area contributed by atoms with Crippen molar-refractivity contribution in [1.29, 1.82) is 0 Å². The molecule has 0 aliphatic carbocycles. The van der Waals surface area contributed by atoms with Crippen LogP contribution in [0.5, 0.6) is 0 Å². The van der Waals surface area contributed by atoms with Crippen molar-refractivity contribution in [2.45, 2.75) is 31.5 Å². The molecule has 10 heteroatoms. The molecular formula is C23H20F3NO6. The van der Waals surface area contributed by atoms with Crippen molar-refractivity contribution in [2.24, 2.45) is 5.92 Å². The molecule has 3 rings (SSSR count). The first-order chi connectivity index (χ1) is 15.6. The number of nitrogens with zero attached hydrogens (tertiary/aromatic N) is 1. The molecule has 0 bridgehead atoms. The molecule has 0 aromatic heterocycles. The van der Waals surface area contributed by atoms with E-state index in [1.54, 1.807) is 12.1 Å². The summed E-state index contributed by atoms with van der Waals surface area (Å²) in [6.07, 6.45) is -5.54. The average Bonchev–Trinajstić information content (AvgIpc) is 3.02. The van der Waals surface area contributed by atoms with Gasteiger partial charge in [-0.15, -0.1) is 0 Å². The SMILES string of the molecule is O=CO[C@H](CCc1ccc(C(F)(F)F)cc1)[C@H](CCN1C(=O)c2ccccc2C1=O)C(=O)O. The Morgan fingerprint density at radius 1 is 1.00 bits per heavy atom. The number of hydrogen-bond donors (Lipinski definition) is 1. The third-order valence-corrected chi connectivity index (χ3v) is 5.54. The Morgan fingerprint density at radius 3 is 2.06 bits per heavy atom. The zero-order valence-electron chi connectivity index (χ0n) is 17.2. The molecule has 0 fully saturated rings. The lowest BCUT2D eigenvalue weighted by atomic mass is 9.93. The minimum atomic E-state index is -4.47. The summed E-state index contributed by atoms with van der Waals surface area (Å²) in [5, 5.41) is 9.66. The number of rotatable bonds is 10. The molecule has 1 heterocycles. The van der Waals surface area contributed by atoms with E-state index < -0.39 is 41.5 Å². The second kappa shape index (κ2) is 9.85. The van der Waals surface area contributed by atoms with Crippen LogP contribution in [0.3, 0.4) is 0 Å². The van der Waals surface area contributed by atoms with Crippen LogP contribution in [-0.2, 0) is 26.9 Å². The molecule has 2 aromatic rings. The molecule has 2 atom stereocenters. The Labute approximate surface area is 186 Å². The molecule has 1 N–H and O–H groups in total. The lowest BCUT2D eigenvalue weighted by molar-refractivity contribution is -0.152. The molecule has 1 aliphatic heterocycles. The third kappa shape index (κ3) is 5.39. The summed E-state index contributed by atoms with van der Waals surface area (Å²) >= 11 is 0. The van der Waals surface area contributed by atoms with Gasteiger partial charge in [0.15, 0.2) is 0 Å². The predicted molar refractivity (Wildman–Crippen MR) is 108 cm³/mol. The van der Waals surface area contributed by atoms with Gasteiger partial charge in [0.1, 0.15) is 6.10 Å². The van der Waals surface area contributed by atoms with Crippen LogP contribution in [0.25, 0.3) is 0 Å². The van der Waals surface area contributed by atoms with Gasteiger partial charge in [0.05, 0.1) is 22.6 Å². The number of carboxylic acid groups (broad SMARTS) is 1. The van der Waals surface area contributed by atoms with Crippen molar-refractivity contribution in [3.63, 3.8) is 0 Å². The van der Waals surface area contributed by atoms with Crippen LogP contribution in [0.1, 0.15) is 44.7 Å². The summed E-state index contributed by atoms with van der Waals surface area (Å²) < 4.78 is 43.1. The monoisotopic (exact) mass is 463 g/mol. The fraction of sp³-hybridized carbons (Fsp3) is 0.304. The molecule has 1 aliphatic rings. The maximum atomic E-state index is 12.7. The van der Waals surface area contributed by atoms with E-state index >= 15 is 0 Å². The van der Waals surface area contributed by atoms with Crippen molar-refractivity contribution in [1.82, 2.24) is 4.90 Å². The molecule has 0 saturated heterocycles. The molecule has 7 nitrogen and oxygen atoms in total. The van der Waals surface area contributed by atoms with Gasteiger partial charge in [-0.25, -0.2) is 0 Å². The van der Waals surface area contributed by atoms with Gasteiger partial charge in [0, 0.05) is 6.54 Å². The lowest BCUT2D eigenvalue weighted by Crippen LogP contribution is -2.37.